The van der Waals surface area contributed by atoms with Crippen LogP contribution in [0.15, 0.2) is 37.1 Å². The third kappa shape index (κ3) is 2.49. The molecule has 0 radical (unpaired) electrons. The molecule has 6 nitrogen and oxygen atoms in total. The maximum atomic E-state index is 11.1. The fourth-order valence-corrected chi connectivity index (χ4v) is 2.60. The molecule has 0 bridgehead atoms. The summed E-state index contributed by atoms with van der Waals surface area (Å²) in [6, 6.07) is 3.83. The zero-order valence-electron chi connectivity index (χ0n) is 11.0. The number of hydrogen-bond acceptors (Lipinski definition) is 3. The van der Waals surface area contributed by atoms with Gasteiger partial charge in [-0.05, 0) is 25.0 Å². The molecule has 1 saturated heterocycles. The standard InChI is InChI=1S/C14H16N4O2/c19-14(20)17-7-1-2-11(8-17)13-9-18(10-16-13)12-3-5-15-6-4-12/h3-6,9-11H,1-2,7-8H2,(H,19,20)/t11-/m0/s1. The Morgan fingerprint density at radius 2 is 2.15 bits per heavy atom. The van der Waals surface area contributed by atoms with Gasteiger partial charge >= 0.3 is 6.09 Å². The Morgan fingerprint density at radius 1 is 1.35 bits per heavy atom. The van der Waals surface area contributed by atoms with Gasteiger partial charge in [0.1, 0.15) is 0 Å². The lowest BCUT2D eigenvalue weighted by atomic mass is 9.95. The molecule has 1 aliphatic heterocycles. The van der Waals surface area contributed by atoms with Crippen molar-refractivity contribution in [2.45, 2.75) is 18.8 Å². The molecule has 0 saturated carbocycles. The van der Waals surface area contributed by atoms with Crippen molar-refractivity contribution >= 4 is 6.09 Å². The monoisotopic (exact) mass is 272 g/mol. The Kier molecular flexibility index (Phi) is 3.37. The highest BCUT2D eigenvalue weighted by atomic mass is 16.4. The van der Waals surface area contributed by atoms with E-state index in [9.17, 15) is 4.79 Å². The molecule has 3 heterocycles. The Labute approximate surface area is 116 Å². The van der Waals surface area contributed by atoms with Crippen LogP contribution < -0.4 is 0 Å². The second-order valence-corrected chi connectivity index (χ2v) is 4.98. The molecule has 1 atom stereocenters. The van der Waals surface area contributed by atoms with Gasteiger partial charge in [-0.3, -0.25) is 4.98 Å². The molecule has 2 aromatic heterocycles. The maximum Gasteiger partial charge on any atom is 0.407 e. The lowest BCUT2D eigenvalue weighted by Gasteiger charge is -2.29. The molecular formula is C14H16N4O2. The number of nitrogens with zero attached hydrogens (tertiary/aromatic N) is 4. The summed E-state index contributed by atoms with van der Waals surface area (Å²) in [4.78, 5) is 20.9. The average Bonchev–Trinajstić information content (AvgIpc) is 2.98. The molecule has 0 spiro atoms. The van der Waals surface area contributed by atoms with E-state index in [2.05, 4.69) is 9.97 Å². The minimum absolute atomic E-state index is 0.183. The van der Waals surface area contributed by atoms with Crippen LogP contribution >= 0.6 is 0 Å². The highest BCUT2D eigenvalue weighted by Gasteiger charge is 2.25. The van der Waals surface area contributed by atoms with Gasteiger partial charge in [0, 0.05) is 43.3 Å². The number of piperidine rings is 1. The molecule has 1 N–H and O–H groups in total. The first kappa shape index (κ1) is 12.7. The van der Waals surface area contributed by atoms with Crippen molar-refractivity contribution in [1.29, 1.82) is 0 Å². The third-order valence-corrected chi connectivity index (χ3v) is 3.67. The second kappa shape index (κ2) is 5.32. The summed E-state index contributed by atoms with van der Waals surface area (Å²) in [6.45, 7) is 1.15. The molecule has 1 fully saturated rings. The van der Waals surface area contributed by atoms with Crippen molar-refractivity contribution in [3.05, 3.63) is 42.7 Å². The average molecular weight is 272 g/mol. The summed E-state index contributed by atoms with van der Waals surface area (Å²) in [7, 11) is 0. The van der Waals surface area contributed by atoms with Crippen LogP contribution in [0.3, 0.4) is 0 Å². The van der Waals surface area contributed by atoms with Crippen LogP contribution in [0.1, 0.15) is 24.5 Å². The molecular weight excluding hydrogens is 256 g/mol. The van der Waals surface area contributed by atoms with Crippen LogP contribution in [-0.2, 0) is 0 Å². The number of pyridine rings is 1. The summed E-state index contributed by atoms with van der Waals surface area (Å²) in [5.41, 5.74) is 1.96. The molecule has 6 heteroatoms. The lowest BCUT2D eigenvalue weighted by molar-refractivity contribution is 0.130. The Morgan fingerprint density at radius 3 is 2.90 bits per heavy atom. The van der Waals surface area contributed by atoms with E-state index in [0.29, 0.717) is 13.1 Å². The van der Waals surface area contributed by atoms with Crippen LogP contribution in [0.5, 0.6) is 0 Å². The van der Waals surface area contributed by atoms with E-state index in [4.69, 9.17) is 5.11 Å². The van der Waals surface area contributed by atoms with Crippen LogP contribution in [0.2, 0.25) is 0 Å². The maximum absolute atomic E-state index is 11.1. The van der Waals surface area contributed by atoms with Crippen LogP contribution in [0.4, 0.5) is 4.79 Å². The van der Waals surface area contributed by atoms with E-state index in [-0.39, 0.29) is 5.92 Å². The van der Waals surface area contributed by atoms with Crippen LogP contribution in [0.25, 0.3) is 5.69 Å². The molecule has 0 aromatic carbocycles. The number of aromatic nitrogens is 3. The first-order chi connectivity index (χ1) is 9.74. The second-order valence-electron chi connectivity index (χ2n) is 4.98. The zero-order valence-corrected chi connectivity index (χ0v) is 11.0. The molecule has 1 amide bonds. The Balaban J connectivity index is 1.78. The van der Waals surface area contributed by atoms with Gasteiger partial charge in [0.2, 0.25) is 0 Å². The van der Waals surface area contributed by atoms with Gasteiger partial charge in [-0.15, -0.1) is 0 Å². The molecule has 104 valence electrons. The topological polar surface area (TPSA) is 71.2 Å². The summed E-state index contributed by atoms with van der Waals surface area (Å²) in [5, 5.41) is 9.08. The van der Waals surface area contributed by atoms with Gasteiger partial charge in [-0.2, -0.15) is 0 Å². The van der Waals surface area contributed by atoms with Gasteiger partial charge in [-0.1, -0.05) is 0 Å². The number of carbonyl (C=O) groups is 1. The molecule has 3 rings (SSSR count). The smallest absolute Gasteiger partial charge is 0.407 e. The van der Waals surface area contributed by atoms with Gasteiger partial charge in [-0.25, -0.2) is 9.78 Å². The molecule has 0 unspecified atom stereocenters. The van der Waals surface area contributed by atoms with E-state index in [1.54, 1.807) is 18.7 Å². The number of carboxylic acid groups (broad SMARTS) is 1. The lowest BCUT2D eigenvalue weighted by Crippen LogP contribution is -2.38. The minimum atomic E-state index is -0.844. The number of hydrogen-bond donors (Lipinski definition) is 1. The van der Waals surface area contributed by atoms with Crippen molar-refractivity contribution in [3.8, 4) is 5.69 Å². The van der Waals surface area contributed by atoms with Gasteiger partial charge in [0.15, 0.2) is 0 Å². The molecule has 1 aliphatic rings. The fraction of sp³-hybridized carbons (Fsp3) is 0.357. The first-order valence-corrected chi connectivity index (χ1v) is 6.66. The third-order valence-electron chi connectivity index (χ3n) is 3.67. The van der Waals surface area contributed by atoms with Crippen LogP contribution in [0, 0.1) is 0 Å². The Bertz CT molecular complexity index is 596. The highest BCUT2D eigenvalue weighted by molar-refractivity contribution is 5.65. The summed E-state index contributed by atoms with van der Waals surface area (Å²) in [6.07, 6.45) is 8.25. The number of likely N-dealkylation sites (tertiary alicyclic amines) is 1. The SMILES string of the molecule is O=C(O)N1CCC[C@H](c2cn(-c3ccncc3)cn2)C1. The number of imidazole rings is 1. The van der Waals surface area contributed by atoms with E-state index in [0.717, 1.165) is 24.2 Å². The van der Waals surface area contributed by atoms with Gasteiger partial charge < -0.3 is 14.6 Å². The predicted molar refractivity (Wildman–Crippen MR) is 72.9 cm³/mol. The zero-order chi connectivity index (χ0) is 13.9. The predicted octanol–water partition coefficient (Wildman–Crippen LogP) is 2.12. The van der Waals surface area contributed by atoms with Gasteiger partial charge in [0.05, 0.1) is 12.0 Å². The summed E-state index contributed by atoms with van der Waals surface area (Å²) in [5.74, 6) is 0.183. The van der Waals surface area contributed by atoms with Crippen LogP contribution in [-0.4, -0.2) is 43.7 Å². The normalized spacial score (nSPS) is 19.0. The molecule has 0 aliphatic carbocycles. The number of rotatable bonds is 2. The fourth-order valence-electron chi connectivity index (χ4n) is 2.60. The van der Waals surface area contributed by atoms with E-state index < -0.39 is 6.09 Å². The van der Waals surface area contributed by atoms with Crippen molar-refractivity contribution in [1.82, 2.24) is 19.4 Å². The minimum Gasteiger partial charge on any atom is -0.465 e. The van der Waals surface area contributed by atoms with Crippen molar-refractivity contribution in [2.75, 3.05) is 13.1 Å². The van der Waals surface area contributed by atoms with E-state index >= 15 is 0 Å². The van der Waals surface area contributed by atoms with Gasteiger partial charge in [0.25, 0.3) is 0 Å². The van der Waals surface area contributed by atoms with E-state index in [1.807, 2.05) is 22.9 Å². The largest absolute Gasteiger partial charge is 0.465 e. The van der Waals surface area contributed by atoms with E-state index in [1.165, 1.54) is 4.90 Å². The summed E-state index contributed by atoms with van der Waals surface area (Å²) < 4.78 is 1.94. The molecule has 2 aromatic rings. The number of amides is 1. The molecule has 20 heavy (non-hydrogen) atoms. The van der Waals surface area contributed by atoms with Crippen molar-refractivity contribution in [3.63, 3.8) is 0 Å². The quantitative estimate of drug-likeness (QED) is 0.909. The van der Waals surface area contributed by atoms with Crippen molar-refractivity contribution < 1.29 is 9.90 Å². The van der Waals surface area contributed by atoms with Crippen molar-refractivity contribution in [2.24, 2.45) is 0 Å². The summed E-state index contributed by atoms with van der Waals surface area (Å²) >= 11 is 0. The Hall–Kier alpha value is -2.37. The highest BCUT2D eigenvalue weighted by Crippen LogP contribution is 2.26. The first-order valence-electron chi connectivity index (χ1n) is 6.66.